The summed E-state index contributed by atoms with van der Waals surface area (Å²) in [5.74, 6) is 0.564. The van der Waals surface area contributed by atoms with E-state index in [9.17, 15) is 4.21 Å². The molecule has 1 unspecified atom stereocenters. The summed E-state index contributed by atoms with van der Waals surface area (Å²) in [5.41, 5.74) is 2.53. The van der Waals surface area contributed by atoms with Crippen LogP contribution < -0.4 is 5.46 Å². The fourth-order valence-corrected chi connectivity index (χ4v) is 2.96. The highest BCUT2D eigenvalue weighted by molar-refractivity contribution is 7.83. The predicted molar refractivity (Wildman–Crippen MR) is 84.7 cm³/mol. The molecule has 1 aliphatic rings. The summed E-state index contributed by atoms with van der Waals surface area (Å²) in [6, 6.07) is 6.18. The Morgan fingerprint density at radius 2 is 1.65 bits per heavy atom. The highest BCUT2D eigenvalue weighted by Gasteiger charge is 2.51. The van der Waals surface area contributed by atoms with Crippen molar-refractivity contribution in [1.82, 2.24) is 0 Å². The Hall–Kier alpha value is -0.645. The molecular weight excluding hydrogens is 271 g/mol. The molecule has 1 aliphatic heterocycles. The van der Waals surface area contributed by atoms with Crippen LogP contribution in [0.3, 0.4) is 0 Å². The molecule has 0 radical (unpaired) electrons. The van der Waals surface area contributed by atoms with E-state index < -0.39 is 10.8 Å². The Kier molecular flexibility index (Phi) is 4.16. The minimum atomic E-state index is -0.847. The van der Waals surface area contributed by atoms with Crippen molar-refractivity contribution < 1.29 is 13.5 Å². The van der Waals surface area contributed by atoms with Crippen LogP contribution in [0.25, 0.3) is 0 Å². The lowest BCUT2D eigenvalue weighted by Crippen LogP contribution is -2.41. The van der Waals surface area contributed by atoms with Crippen LogP contribution in [0.4, 0.5) is 0 Å². The van der Waals surface area contributed by atoms with Crippen LogP contribution in [-0.2, 0) is 25.9 Å². The van der Waals surface area contributed by atoms with E-state index in [1.807, 2.05) is 40.7 Å². The normalized spacial score (nSPS) is 22.0. The van der Waals surface area contributed by atoms with Gasteiger partial charge in [-0.15, -0.1) is 0 Å². The van der Waals surface area contributed by atoms with Crippen molar-refractivity contribution >= 4 is 23.4 Å². The number of hydrogen-bond donors (Lipinski definition) is 0. The van der Waals surface area contributed by atoms with Crippen molar-refractivity contribution in [1.29, 1.82) is 0 Å². The van der Waals surface area contributed by atoms with Gasteiger partial charge in [0.2, 0.25) is 0 Å². The minimum Gasteiger partial charge on any atom is -0.399 e. The summed E-state index contributed by atoms with van der Waals surface area (Å²) >= 11 is 0. The number of aryl methyl sites for hydroxylation is 1. The molecule has 1 aromatic rings. The second-order valence-corrected chi connectivity index (χ2v) is 7.99. The van der Waals surface area contributed by atoms with Gasteiger partial charge >= 0.3 is 7.12 Å². The lowest BCUT2D eigenvalue weighted by atomic mass is 9.77. The lowest BCUT2D eigenvalue weighted by Gasteiger charge is -2.32. The number of benzene rings is 1. The molecule has 0 saturated carbocycles. The van der Waals surface area contributed by atoms with Crippen molar-refractivity contribution in [3.63, 3.8) is 0 Å². The molecule has 1 atom stereocenters. The van der Waals surface area contributed by atoms with Crippen LogP contribution in [0.15, 0.2) is 18.2 Å². The third kappa shape index (κ3) is 3.16. The van der Waals surface area contributed by atoms with E-state index in [4.69, 9.17) is 9.31 Å². The van der Waals surface area contributed by atoms with Gasteiger partial charge in [0.05, 0.1) is 11.2 Å². The molecule has 1 fully saturated rings. The first-order valence-electron chi connectivity index (χ1n) is 6.87. The van der Waals surface area contributed by atoms with Crippen molar-refractivity contribution in [3.8, 4) is 0 Å². The molecule has 5 heteroatoms. The SMILES string of the molecule is Cc1cc(CS(C)=O)cc(B2OC(C)(C)C(C)(C)O2)c1. The Balaban J connectivity index is 2.30. The fourth-order valence-electron chi connectivity index (χ4n) is 2.33. The molecular formula is C15H23BO3S. The summed E-state index contributed by atoms with van der Waals surface area (Å²) < 4.78 is 23.5. The molecule has 0 spiro atoms. The third-order valence-electron chi connectivity index (χ3n) is 4.05. The molecule has 2 rings (SSSR count). The monoisotopic (exact) mass is 294 g/mol. The first-order chi connectivity index (χ1) is 9.10. The van der Waals surface area contributed by atoms with Gasteiger partial charge in [-0.1, -0.05) is 23.8 Å². The van der Waals surface area contributed by atoms with Gasteiger partial charge in [-0.25, -0.2) is 0 Å². The van der Waals surface area contributed by atoms with Gasteiger partial charge in [0.15, 0.2) is 0 Å². The summed E-state index contributed by atoms with van der Waals surface area (Å²) in [4.78, 5) is 0. The number of rotatable bonds is 3. The van der Waals surface area contributed by atoms with E-state index in [0.717, 1.165) is 16.6 Å². The first-order valence-corrected chi connectivity index (χ1v) is 8.59. The Bertz CT molecular complexity index is 524. The quantitative estimate of drug-likeness (QED) is 0.802. The van der Waals surface area contributed by atoms with Gasteiger partial charge in [-0.2, -0.15) is 0 Å². The predicted octanol–water partition coefficient (Wildman–Crippen LogP) is 2.17. The van der Waals surface area contributed by atoms with Gasteiger partial charge in [-0.3, -0.25) is 4.21 Å². The van der Waals surface area contributed by atoms with Crippen LogP contribution in [-0.4, -0.2) is 28.8 Å². The van der Waals surface area contributed by atoms with Gasteiger partial charge in [0, 0.05) is 22.8 Å². The average Bonchev–Trinajstić information content (AvgIpc) is 2.46. The van der Waals surface area contributed by atoms with Gasteiger partial charge in [0.25, 0.3) is 0 Å². The first kappa shape index (κ1) is 15.7. The van der Waals surface area contributed by atoms with Crippen LogP contribution in [0, 0.1) is 6.92 Å². The summed E-state index contributed by atoms with van der Waals surface area (Å²) in [5, 5.41) is 0. The van der Waals surface area contributed by atoms with E-state index in [2.05, 4.69) is 12.1 Å². The molecule has 1 heterocycles. The van der Waals surface area contributed by atoms with Crippen molar-refractivity contribution in [2.24, 2.45) is 0 Å². The van der Waals surface area contributed by atoms with Crippen LogP contribution in [0.1, 0.15) is 38.8 Å². The van der Waals surface area contributed by atoms with Gasteiger partial charge in [0.1, 0.15) is 0 Å². The van der Waals surface area contributed by atoms with E-state index in [1.165, 1.54) is 0 Å². The van der Waals surface area contributed by atoms with E-state index in [-0.39, 0.29) is 18.3 Å². The fraction of sp³-hybridized carbons (Fsp3) is 0.600. The van der Waals surface area contributed by atoms with Crippen LogP contribution in [0.5, 0.6) is 0 Å². The molecule has 0 amide bonds. The summed E-state index contributed by atoms with van der Waals surface area (Å²) in [7, 11) is -1.20. The Labute approximate surface area is 124 Å². The maximum atomic E-state index is 11.4. The maximum absolute atomic E-state index is 11.4. The topological polar surface area (TPSA) is 35.5 Å². The summed E-state index contributed by atoms with van der Waals surface area (Å²) in [6.07, 6.45) is 1.72. The van der Waals surface area contributed by atoms with Crippen molar-refractivity contribution in [2.45, 2.75) is 51.6 Å². The van der Waals surface area contributed by atoms with Crippen LogP contribution >= 0.6 is 0 Å². The van der Waals surface area contributed by atoms with Crippen molar-refractivity contribution in [2.75, 3.05) is 6.26 Å². The number of hydrogen-bond acceptors (Lipinski definition) is 3. The second kappa shape index (κ2) is 5.28. The zero-order chi connectivity index (χ0) is 15.1. The van der Waals surface area contributed by atoms with E-state index >= 15 is 0 Å². The smallest absolute Gasteiger partial charge is 0.399 e. The van der Waals surface area contributed by atoms with Crippen molar-refractivity contribution in [3.05, 3.63) is 29.3 Å². The second-order valence-electron chi connectivity index (χ2n) is 6.56. The zero-order valence-electron chi connectivity index (χ0n) is 13.1. The Morgan fingerprint density at radius 3 is 2.15 bits per heavy atom. The van der Waals surface area contributed by atoms with E-state index in [1.54, 1.807) is 6.26 Å². The molecule has 1 saturated heterocycles. The minimum absolute atomic E-state index is 0.338. The highest BCUT2D eigenvalue weighted by Crippen LogP contribution is 2.36. The van der Waals surface area contributed by atoms with Gasteiger partial charge in [-0.05, 0) is 45.6 Å². The molecule has 0 bridgehead atoms. The van der Waals surface area contributed by atoms with Crippen LogP contribution in [0.2, 0.25) is 0 Å². The highest BCUT2D eigenvalue weighted by atomic mass is 32.2. The largest absolute Gasteiger partial charge is 0.494 e. The molecule has 0 aromatic heterocycles. The van der Waals surface area contributed by atoms with E-state index in [0.29, 0.717) is 5.75 Å². The molecule has 0 N–H and O–H groups in total. The standard InChI is InChI=1S/C15H23BO3S/c1-11-7-12(10-20(6)17)9-13(8-11)16-18-14(2,3)15(4,5)19-16/h7-9H,10H2,1-6H3. The molecule has 20 heavy (non-hydrogen) atoms. The van der Waals surface area contributed by atoms with Gasteiger partial charge < -0.3 is 9.31 Å². The Morgan fingerprint density at radius 1 is 1.10 bits per heavy atom. The molecule has 1 aromatic carbocycles. The average molecular weight is 294 g/mol. The molecule has 0 aliphatic carbocycles. The molecule has 3 nitrogen and oxygen atoms in total. The zero-order valence-corrected chi connectivity index (χ0v) is 14.0. The lowest BCUT2D eigenvalue weighted by molar-refractivity contribution is 0.00578. The summed E-state index contributed by atoms with van der Waals surface area (Å²) in [6.45, 7) is 10.2. The maximum Gasteiger partial charge on any atom is 0.494 e. The molecule has 110 valence electrons. The third-order valence-corrected chi connectivity index (χ3v) is 4.79.